The summed E-state index contributed by atoms with van der Waals surface area (Å²) in [6.07, 6.45) is 6.65. The maximum absolute atomic E-state index is 13.1. The standard InChI is InChI=1S/C27H42N4O9S/c1-15(2)9-21(24(33)29-22(26(35)41(37,38)39)12-18-5-7-28-23(18)32)30-27(36)40-14-19-6-8-31(25(19)34)13-20-11-16-3-4-17(20)10-16/h3-4,15-22,26,35H,5-14H2,1-2H3,(H,28,32)(H,29,33)(H,30,36)(H,37,38,39)/p-1/t16-,17+,18-,19?,20+,21-,22-,26?/m0/s1. The lowest BCUT2D eigenvalue weighted by Gasteiger charge is -2.29. The number of hydrogen-bond donors (Lipinski definition) is 4. The zero-order chi connectivity index (χ0) is 29.9. The summed E-state index contributed by atoms with van der Waals surface area (Å²) in [5.41, 5.74) is -2.47. The van der Waals surface area contributed by atoms with Crippen LogP contribution in [0.3, 0.4) is 0 Å². The summed E-state index contributed by atoms with van der Waals surface area (Å²) < 4.78 is 40.0. The van der Waals surface area contributed by atoms with E-state index in [0.717, 1.165) is 12.8 Å². The van der Waals surface area contributed by atoms with E-state index in [9.17, 15) is 37.3 Å². The van der Waals surface area contributed by atoms with Crippen LogP contribution in [0.1, 0.15) is 52.4 Å². The Hall–Kier alpha value is -2.71. The van der Waals surface area contributed by atoms with Crippen LogP contribution in [0.4, 0.5) is 4.79 Å². The molecule has 14 heteroatoms. The van der Waals surface area contributed by atoms with Gasteiger partial charge >= 0.3 is 6.09 Å². The number of hydrogen-bond acceptors (Lipinski definition) is 9. The van der Waals surface area contributed by atoms with Crippen molar-refractivity contribution < 1.29 is 42.0 Å². The summed E-state index contributed by atoms with van der Waals surface area (Å²) in [5, 5.41) is 17.6. The number of nitrogens with one attached hydrogen (secondary N) is 3. The van der Waals surface area contributed by atoms with Crippen molar-refractivity contribution in [1.29, 1.82) is 0 Å². The average molecular weight is 598 g/mol. The molecule has 0 radical (unpaired) electrons. The first kappa shape index (κ1) is 31.2. The van der Waals surface area contributed by atoms with Gasteiger partial charge in [0.05, 0.1) is 12.0 Å². The van der Waals surface area contributed by atoms with E-state index >= 15 is 0 Å². The largest absolute Gasteiger partial charge is 0.746 e. The molecule has 2 aliphatic carbocycles. The van der Waals surface area contributed by atoms with Gasteiger partial charge in [0.25, 0.3) is 0 Å². The molecule has 2 unspecified atom stereocenters. The Labute approximate surface area is 240 Å². The van der Waals surface area contributed by atoms with Crippen molar-refractivity contribution in [2.45, 2.75) is 69.9 Å². The Morgan fingerprint density at radius 3 is 2.51 bits per heavy atom. The van der Waals surface area contributed by atoms with Crippen molar-refractivity contribution in [3.63, 3.8) is 0 Å². The number of rotatable bonds is 13. The van der Waals surface area contributed by atoms with Crippen molar-refractivity contribution >= 4 is 33.9 Å². The van der Waals surface area contributed by atoms with E-state index in [1.807, 2.05) is 18.7 Å². The molecule has 1 saturated carbocycles. The van der Waals surface area contributed by atoms with Crippen LogP contribution >= 0.6 is 0 Å². The molecule has 4 rings (SSSR count). The third-order valence-electron chi connectivity index (χ3n) is 8.68. The lowest BCUT2D eigenvalue weighted by Crippen LogP contribution is -2.55. The SMILES string of the molecule is CC(C)C[C@H](NC(=O)OCC1CCN(C[C@H]2C[C@H]3C=C[C@@H]2C3)C1=O)C(=O)N[C@@H](C[C@@H]1CCNC1=O)C(O)S(=O)(=O)[O-]. The molecular formula is C27H41N4O9S-. The molecule has 0 aromatic carbocycles. The molecule has 2 aliphatic heterocycles. The number of alkyl carbamates (subject to hydrolysis) is 1. The number of ether oxygens (including phenoxy) is 1. The summed E-state index contributed by atoms with van der Waals surface area (Å²) in [4.78, 5) is 52.6. The van der Waals surface area contributed by atoms with E-state index in [0.29, 0.717) is 50.2 Å². The molecule has 0 spiro atoms. The van der Waals surface area contributed by atoms with Gasteiger partial charge in [-0.05, 0) is 62.2 Å². The first-order valence-electron chi connectivity index (χ1n) is 14.4. The van der Waals surface area contributed by atoms with E-state index in [1.165, 1.54) is 0 Å². The highest BCUT2D eigenvalue weighted by molar-refractivity contribution is 7.86. The fourth-order valence-corrected chi connectivity index (χ4v) is 7.08. The molecule has 2 bridgehead atoms. The van der Waals surface area contributed by atoms with E-state index in [2.05, 4.69) is 28.1 Å². The molecule has 8 atom stereocenters. The molecule has 2 heterocycles. The van der Waals surface area contributed by atoms with Gasteiger partial charge in [0, 0.05) is 25.6 Å². The minimum absolute atomic E-state index is 0.0485. The highest BCUT2D eigenvalue weighted by atomic mass is 32.2. The van der Waals surface area contributed by atoms with Gasteiger partial charge in [-0.2, -0.15) is 0 Å². The van der Waals surface area contributed by atoms with Crippen LogP contribution in [0.5, 0.6) is 0 Å². The second-order valence-electron chi connectivity index (χ2n) is 12.2. The second-order valence-corrected chi connectivity index (χ2v) is 13.7. The van der Waals surface area contributed by atoms with Gasteiger partial charge in [-0.1, -0.05) is 26.0 Å². The number of amides is 4. The van der Waals surface area contributed by atoms with Gasteiger partial charge in [0.2, 0.25) is 17.7 Å². The van der Waals surface area contributed by atoms with Gasteiger partial charge in [0.1, 0.15) is 22.8 Å². The molecule has 4 N–H and O–H groups in total. The minimum Gasteiger partial charge on any atom is -0.746 e. The van der Waals surface area contributed by atoms with Crippen LogP contribution in [0.15, 0.2) is 12.2 Å². The van der Waals surface area contributed by atoms with E-state index < -0.39 is 51.5 Å². The van der Waals surface area contributed by atoms with Crippen LogP contribution in [0, 0.1) is 35.5 Å². The first-order chi connectivity index (χ1) is 19.3. The zero-order valence-corrected chi connectivity index (χ0v) is 24.3. The number of allylic oxidation sites excluding steroid dienone is 2. The monoisotopic (exact) mass is 597 g/mol. The average Bonchev–Trinajstić information content (AvgIpc) is 3.68. The maximum atomic E-state index is 13.1. The molecule has 2 saturated heterocycles. The number of likely N-dealkylation sites (tertiary alicyclic amines) is 1. The highest BCUT2D eigenvalue weighted by Crippen LogP contribution is 2.44. The molecule has 13 nitrogen and oxygen atoms in total. The van der Waals surface area contributed by atoms with Gasteiger partial charge in [0.15, 0.2) is 5.44 Å². The number of fused-ring (bicyclic) bond motifs is 2. The van der Waals surface area contributed by atoms with Crippen molar-refractivity contribution in [2.24, 2.45) is 35.5 Å². The van der Waals surface area contributed by atoms with Crippen LogP contribution < -0.4 is 16.0 Å². The van der Waals surface area contributed by atoms with Crippen molar-refractivity contribution in [3.05, 3.63) is 12.2 Å². The van der Waals surface area contributed by atoms with Crippen molar-refractivity contribution in [1.82, 2.24) is 20.9 Å². The van der Waals surface area contributed by atoms with Crippen LogP contribution in [-0.4, -0.2) is 90.6 Å². The fourth-order valence-electron chi connectivity index (χ4n) is 6.50. The van der Waals surface area contributed by atoms with Gasteiger partial charge in [-0.25, -0.2) is 13.2 Å². The molecule has 4 amide bonds. The van der Waals surface area contributed by atoms with Crippen LogP contribution in [0.2, 0.25) is 0 Å². The minimum atomic E-state index is -5.21. The van der Waals surface area contributed by atoms with Crippen LogP contribution in [0.25, 0.3) is 0 Å². The molecule has 41 heavy (non-hydrogen) atoms. The smallest absolute Gasteiger partial charge is 0.407 e. The topological polar surface area (TPSA) is 194 Å². The normalized spacial score (nSPS) is 29.5. The summed E-state index contributed by atoms with van der Waals surface area (Å²) >= 11 is 0. The summed E-state index contributed by atoms with van der Waals surface area (Å²) in [6, 6.07) is -2.73. The lowest BCUT2D eigenvalue weighted by molar-refractivity contribution is -0.132. The van der Waals surface area contributed by atoms with Gasteiger partial charge < -0.3 is 35.2 Å². The summed E-state index contributed by atoms with van der Waals surface area (Å²) in [7, 11) is -5.21. The Bertz CT molecular complexity index is 1140. The first-order valence-corrected chi connectivity index (χ1v) is 15.9. The predicted octanol–water partition coefficient (Wildman–Crippen LogP) is 0.0626. The van der Waals surface area contributed by atoms with Crippen molar-refractivity contribution in [3.8, 4) is 0 Å². The third kappa shape index (κ3) is 7.98. The zero-order valence-electron chi connectivity index (χ0n) is 23.5. The fraction of sp³-hybridized carbons (Fsp3) is 0.778. The quantitative estimate of drug-likeness (QED) is 0.168. The highest BCUT2D eigenvalue weighted by Gasteiger charge is 2.40. The molecule has 230 valence electrons. The number of aliphatic hydroxyl groups is 1. The summed E-state index contributed by atoms with van der Waals surface area (Å²) in [6.45, 7) is 5.15. The van der Waals surface area contributed by atoms with Crippen LogP contribution in [-0.2, 0) is 29.2 Å². The Balaban J connectivity index is 1.30. The number of aliphatic hydroxyl groups excluding tert-OH is 1. The third-order valence-corrected chi connectivity index (χ3v) is 9.60. The van der Waals surface area contributed by atoms with E-state index in [-0.39, 0.29) is 37.2 Å². The second kappa shape index (κ2) is 13.1. The Morgan fingerprint density at radius 1 is 1.17 bits per heavy atom. The summed E-state index contributed by atoms with van der Waals surface area (Å²) in [5.74, 6) is -0.869. The van der Waals surface area contributed by atoms with Crippen molar-refractivity contribution in [2.75, 3.05) is 26.2 Å². The number of nitrogens with zero attached hydrogens (tertiary/aromatic N) is 1. The molecule has 0 aromatic heterocycles. The number of carbonyl (C=O) groups excluding carboxylic acids is 4. The molecular weight excluding hydrogens is 556 g/mol. The number of carbonyl (C=O) groups is 4. The molecule has 4 aliphatic rings. The Morgan fingerprint density at radius 2 is 1.93 bits per heavy atom. The molecule has 0 aromatic rings. The van der Waals surface area contributed by atoms with Gasteiger partial charge in [-0.3, -0.25) is 14.4 Å². The maximum Gasteiger partial charge on any atom is 0.407 e. The predicted molar refractivity (Wildman–Crippen MR) is 145 cm³/mol. The van der Waals surface area contributed by atoms with E-state index in [1.54, 1.807) is 0 Å². The van der Waals surface area contributed by atoms with Gasteiger partial charge in [-0.15, -0.1) is 0 Å². The van der Waals surface area contributed by atoms with E-state index in [4.69, 9.17) is 4.74 Å². The Kier molecular flexibility index (Phi) is 9.96. The lowest BCUT2D eigenvalue weighted by atomic mass is 9.93. The molecule has 3 fully saturated rings.